The van der Waals surface area contributed by atoms with Gasteiger partial charge in [-0.2, -0.15) is 0 Å². The molecule has 0 saturated carbocycles. The first-order chi connectivity index (χ1) is 8.54. The zero-order chi connectivity index (χ0) is 14.8. The van der Waals surface area contributed by atoms with Gasteiger partial charge in [0.15, 0.2) is 9.84 Å². The van der Waals surface area contributed by atoms with E-state index >= 15 is 0 Å². The Morgan fingerprint density at radius 3 is 2.32 bits per heavy atom. The van der Waals surface area contributed by atoms with E-state index in [9.17, 15) is 17.2 Å². The van der Waals surface area contributed by atoms with Gasteiger partial charge < -0.3 is 5.32 Å². The second-order valence-electron chi connectivity index (χ2n) is 5.10. The molecule has 1 rings (SSSR count). The van der Waals surface area contributed by atoms with E-state index in [0.29, 0.717) is 0 Å². The number of anilines is 1. The Bertz CT molecular complexity index is 568. The lowest BCUT2D eigenvalue weighted by Gasteiger charge is -2.19. The van der Waals surface area contributed by atoms with E-state index in [-0.39, 0.29) is 22.5 Å². The molecule has 0 heterocycles. The van der Waals surface area contributed by atoms with Crippen molar-refractivity contribution in [2.24, 2.45) is 0 Å². The van der Waals surface area contributed by atoms with Crippen molar-refractivity contribution in [2.45, 2.75) is 25.5 Å². The highest BCUT2D eigenvalue weighted by Gasteiger charge is 2.28. The molecule has 0 unspecified atom stereocenters. The lowest BCUT2D eigenvalue weighted by Crippen LogP contribution is -2.33. The molecule has 19 heavy (non-hydrogen) atoms. The zero-order valence-corrected chi connectivity index (χ0v) is 13.3. The number of hydrogen-bond acceptors (Lipinski definition) is 3. The largest absolute Gasteiger partial charge is 0.382 e. The van der Waals surface area contributed by atoms with Crippen LogP contribution in [0.5, 0.6) is 0 Å². The summed E-state index contributed by atoms with van der Waals surface area (Å²) in [5.74, 6) is -1.58. The molecule has 0 amide bonds. The van der Waals surface area contributed by atoms with Gasteiger partial charge in [-0.25, -0.2) is 17.2 Å². The molecule has 0 atom stereocenters. The van der Waals surface area contributed by atoms with Gasteiger partial charge in [-0.15, -0.1) is 0 Å². The van der Waals surface area contributed by atoms with E-state index in [4.69, 9.17) is 0 Å². The molecule has 0 aromatic heterocycles. The van der Waals surface area contributed by atoms with Gasteiger partial charge in [0.2, 0.25) is 0 Å². The Labute approximate surface area is 120 Å². The van der Waals surface area contributed by atoms with Crippen LogP contribution in [0.1, 0.15) is 20.8 Å². The van der Waals surface area contributed by atoms with Crippen molar-refractivity contribution in [3.63, 3.8) is 0 Å². The maximum Gasteiger partial charge on any atom is 0.156 e. The van der Waals surface area contributed by atoms with E-state index in [2.05, 4.69) is 21.2 Å². The van der Waals surface area contributed by atoms with Gasteiger partial charge in [0.1, 0.15) is 11.6 Å². The first-order valence-electron chi connectivity index (χ1n) is 5.65. The molecule has 1 aromatic carbocycles. The van der Waals surface area contributed by atoms with Crippen LogP contribution >= 0.6 is 15.9 Å². The summed E-state index contributed by atoms with van der Waals surface area (Å²) >= 11 is 2.94. The summed E-state index contributed by atoms with van der Waals surface area (Å²) in [6.45, 7) is 4.89. The summed E-state index contributed by atoms with van der Waals surface area (Å²) < 4.78 is 49.4. The lowest BCUT2D eigenvalue weighted by atomic mass is 10.3. The monoisotopic (exact) mass is 355 g/mol. The van der Waals surface area contributed by atoms with Crippen LogP contribution in [-0.4, -0.2) is 25.5 Å². The van der Waals surface area contributed by atoms with Crippen LogP contribution in [0.3, 0.4) is 0 Å². The first-order valence-corrected chi connectivity index (χ1v) is 8.10. The van der Waals surface area contributed by atoms with Crippen LogP contribution in [0.25, 0.3) is 0 Å². The fourth-order valence-corrected chi connectivity index (χ4v) is 2.61. The van der Waals surface area contributed by atoms with Crippen molar-refractivity contribution < 1.29 is 17.2 Å². The lowest BCUT2D eigenvalue weighted by molar-refractivity contribution is 0.560. The summed E-state index contributed by atoms with van der Waals surface area (Å²) in [6.07, 6.45) is 0. The summed E-state index contributed by atoms with van der Waals surface area (Å²) in [5.41, 5.74) is 0.0670. The van der Waals surface area contributed by atoms with E-state index in [0.717, 1.165) is 6.07 Å². The van der Waals surface area contributed by atoms with E-state index < -0.39 is 26.2 Å². The van der Waals surface area contributed by atoms with Crippen molar-refractivity contribution in [2.75, 3.05) is 17.6 Å². The Morgan fingerprint density at radius 2 is 1.79 bits per heavy atom. The van der Waals surface area contributed by atoms with Gasteiger partial charge in [0, 0.05) is 12.6 Å². The summed E-state index contributed by atoms with van der Waals surface area (Å²) in [7, 11) is -3.27. The standard InChI is InChI=1S/C12H16BrF2NO2S/c1-12(2,3)19(17,18)5-4-16-11-6-8(13)9(14)7-10(11)15/h6-7,16H,4-5H2,1-3H3. The highest BCUT2D eigenvalue weighted by atomic mass is 79.9. The third kappa shape index (κ3) is 4.14. The number of benzene rings is 1. The van der Waals surface area contributed by atoms with Crippen molar-refractivity contribution in [1.82, 2.24) is 0 Å². The van der Waals surface area contributed by atoms with Crippen LogP contribution in [0, 0.1) is 11.6 Å². The number of nitrogens with one attached hydrogen (secondary N) is 1. The van der Waals surface area contributed by atoms with E-state index in [1.807, 2.05) is 0 Å². The molecule has 0 radical (unpaired) electrons. The van der Waals surface area contributed by atoms with Gasteiger partial charge in [0.25, 0.3) is 0 Å². The highest BCUT2D eigenvalue weighted by molar-refractivity contribution is 9.10. The summed E-state index contributed by atoms with van der Waals surface area (Å²) in [6, 6.07) is 1.99. The van der Waals surface area contributed by atoms with Gasteiger partial charge in [0.05, 0.1) is 20.7 Å². The van der Waals surface area contributed by atoms with Crippen molar-refractivity contribution in [3.05, 3.63) is 28.2 Å². The molecule has 3 nitrogen and oxygen atoms in total. The minimum atomic E-state index is -3.27. The maximum atomic E-state index is 13.4. The molecule has 0 spiro atoms. The number of hydrogen-bond donors (Lipinski definition) is 1. The zero-order valence-electron chi connectivity index (χ0n) is 10.9. The molecule has 7 heteroatoms. The van der Waals surface area contributed by atoms with E-state index in [1.54, 1.807) is 20.8 Å². The molecular weight excluding hydrogens is 340 g/mol. The maximum absolute atomic E-state index is 13.4. The third-order valence-corrected chi connectivity index (χ3v) is 5.84. The molecule has 0 aliphatic rings. The second kappa shape index (κ2) is 5.75. The summed E-state index contributed by atoms with van der Waals surface area (Å²) in [4.78, 5) is 0. The average molecular weight is 356 g/mol. The number of rotatable bonds is 4. The SMILES string of the molecule is CC(C)(C)S(=O)(=O)CCNc1cc(Br)c(F)cc1F. The first kappa shape index (κ1) is 16.4. The minimum absolute atomic E-state index is 0.0641. The molecule has 0 bridgehead atoms. The fraction of sp³-hybridized carbons (Fsp3) is 0.500. The van der Waals surface area contributed by atoms with Gasteiger partial charge in [-0.1, -0.05) is 0 Å². The molecule has 0 fully saturated rings. The smallest absolute Gasteiger partial charge is 0.156 e. The Hall–Kier alpha value is -0.690. The van der Waals surface area contributed by atoms with Gasteiger partial charge >= 0.3 is 0 Å². The van der Waals surface area contributed by atoms with Crippen molar-refractivity contribution >= 4 is 31.5 Å². The fourth-order valence-electron chi connectivity index (χ4n) is 1.28. The Kier molecular flexibility index (Phi) is 4.95. The molecule has 0 aliphatic heterocycles. The third-order valence-electron chi connectivity index (χ3n) is 2.63. The molecular formula is C12H16BrF2NO2S. The van der Waals surface area contributed by atoms with Crippen LogP contribution in [0.4, 0.5) is 14.5 Å². The van der Waals surface area contributed by atoms with Crippen molar-refractivity contribution in [1.29, 1.82) is 0 Å². The summed E-state index contributed by atoms with van der Waals surface area (Å²) in [5, 5.41) is 2.66. The predicted molar refractivity (Wildman–Crippen MR) is 76.1 cm³/mol. The average Bonchev–Trinajstić information content (AvgIpc) is 2.23. The minimum Gasteiger partial charge on any atom is -0.382 e. The van der Waals surface area contributed by atoms with Crippen LogP contribution < -0.4 is 5.32 Å². The molecule has 0 saturated heterocycles. The topological polar surface area (TPSA) is 46.2 Å². The van der Waals surface area contributed by atoms with Crippen molar-refractivity contribution in [3.8, 4) is 0 Å². The van der Waals surface area contributed by atoms with Crippen LogP contribution in [0.2, 0.25) is 0 Å². The van der Waals surface area contributed by atoms with Gasteiger partial charge in [-0.05, 0) is 42.8 Å². The molecule has 1 aromatic rings. The highest BCUT2D eigenvalue weighted by Crippen LogP contribution is 2.23. The Balaban J connectivity index is 2.72. The normalized spacial score (nSPS) is 12.5. The van der Waals surface area contributed by atoms with Crippen LogP contribution in [0.15, 0.2) is 16.6 Å². The molecule has 1 N–H and O–H groups in total. The predicted octanol–water partition coefficient (Wildman–Crippen LogP) is 3.35. The molecule has 108 valence electrons. The van der Waals surface area contributed by atoms with Crippen LogP contribution in [-0.2, 0) is 9.84 Å². The number of sulfone groups is 1. The second-order valence-corrected chi connectivity index (χ2v) is 8.82. The molecule has 0 aliphatic carbocycles. The van der Waals surface area contributed by atoms with Gasteiger partial charge in [-0.3, -0.25) is 0 Å². The number of halogens is 3. The quantitative estimate of drug-likeness (QED) is 0.842. The van der Waals surface area contributed by atoms with E-state index in [1.165, 1.54) is 6.07 Å². The Morgan fingerprint density at radius 1 is 1.21 bits per heavy atom.